The van der Waals surface area contributed by atoms with Crippen LogP contribution in [0.4, 0.5) is 17.3 Å². The third-order valence-electron chi connectivity index (χ3n) is 3.52. The van der Waals surface area contributed by atoms with E-state index in [4.69, 9.17) is 0 Å². The van der Waals surface area contributed by atoms with Crippen LogP contribution < -0.4 is 10.2 Å². The molecule has 3 aromatic rings. The minimum absolute atomic E-state index is 0.00488. The molecule has 1 aromatic heterocycles. The summed E-state index contributed by atoms with van der Waals surface area (Å²) in [4.78, 5) is 21.8. The zero-order valence-corrected chi connectivity index (χ0v) is 14.3. The van der Waals surface area contributed by atoms with Crippen molar-refractivity contribution in [2.45, 2.75) is 6.92 Å². The Kier molecular flexibility index (Phi) is 4.25. The summed E-state index contributed by atoms with van der Waals surface area (Å²) in [7, 11) is 1.75. The molecule has 3 rings (SSSR count). The molecule has 6 heteroatoms. The van der Waals surface area contributed by atoms with Gasteiger partial charge < -0.3 is 10.2 Å². The van der Waals surface area contributed by atoms with Gasteiger partial charge in [0, 0.05) is 41.4 Å². The van der Waals surface area contributed by atoms with Gasteiger partial charge in [0.15, 0.2) is 0 Å². The Morgan fingerprint density at radius 3 is 2.61 bits per heavy atom. The third-order valence-corrected chi connectivity index (χ3v) is 4.02. The van der Waals surface area contributed by atoms with Gasteiger partial charge in [-0.05, 0) is 42.5 Å². The highest BCUT2D eigenvalue weighted by molar-refractivity contribution is 9.10. The third kappa shape index (κ3) is 3.48. The van der Waals surface area contributed by atoms with Crippen LogP contribution in [0.5, 0.6) is 0 Å². The normalized spacial score (nSPS) is 10.6. The number of anilines is 3. The highest BCUT2D eigenvalue weighted by Crippen LogP contribution is 2.22. The van der Waals surface area contributed by atoms with Gasteiger partial charge in [0.05, 0.1) is 5.52 Å². The van der Waals surface area contributed by atoms with Gasteiger partial charge in [0.25, 0.3) is 0 Å². The molecule has 0 aliphatic rings. The standard InChI is InChI=1S/C17H15BrN4O/c1-11(23)22(2)15-6-4-14(5-7-15)20-17-19-10-12-9-13(18)3-8-16(12)21-17/h3-10H,1-2H3,(H,19,20,21). The van der Waals surface area contributed by atoms with Crippen LogP contribution in [0.15, 0.2) is 53.1 Å². The van der Waals surface area contributed by atoms with Crippen molar-refractivity contribution in [3.63, 3.8) is 0 Å². The first-order chi connectivity index (χ1) is 11.0. The summed E-state index contributed by atoms with van der Waals surface area (Å²) in [6.45, 7) is 1.54. The zero-order chi connectivity index (χ0) is 16.4. The smallest absolute Gasteiger partial charge is 0.227 e. The summed E-state index contributed by atoms with van der Waals surface area (Å²) in [6, 6.07) is 13.4. The van der Waals surface area contributed by atoms with Gasteiger partial charge >= 0.3 is 0 Å². The molecule has 0 atom stereocenters. The zero-order valence-electron chi connectivity index (χ0n) is 12.7. The Balaban J connectivity index is 1.81. The Bertz CT molecular complexity index is 864. The second kappa shape index (κ2) is 6.34. The molecule has 5 nitrogen and oxygen atoms in total. The quantitative estimate of drug-likeness (QED) is 0.753. The van der Waals surface area contributed by atoms with Crippen LogP contribution in [-0.4, -0.2) is 22.9 Å². The van der Waals surface area contributed by atoms with Gasteiger partial charge in [-0.3, -0.25) is 4.79 Å². The molecule has 0 spiro atoms. The fraction of sp³-hybridized carbons (Fsp3) is 0.118. The molecule has 23 heavy (non-hydrogen) atoms. The lowest BCUT2D eigenvalue weighted by Crippen LogP contribution is -2.22. The van der Waals surface area contributed by atoms with E-state index in [1.165, 1.54) is 6.92 Å². The average Bonchev–Trinajstić information content (AvgIpc) is 2.55. The van der Waals surface area contributed by atoms with Crippen molar-refractivity contribution < 1.29 is 4.79 Å². The molecule has 0 radical (unpaired) electrons. The molecule has 0 aliphatic carbocycles. The van der Waals surface area contributed by atoms with Gasteiger partial charge in [0.2, 0.25) is 11.9 Å². The van der Waals surface area contributed by atoms with E-state index in [9.17, 15) is 4.79 Å². The maximum atomic E-state index is 11.4. The molecule has 0 saturated carbocycles. The first-order valence-electron chi connectivity index (χ1n) is 7.06. The summed E-state index contributed by atoms with van der Waals surface area (Å²) in [5.74, 6) is 0.530. The Labute approximate surface area is 142 Å². The minimum atomic E-state index is -0.00488. The summed E-state index contributed by atoms with van der Waals surface area (Å²) in [5, 5.41) is 4.14. The van der Waals surface area contributed by atoms with Crippen molar-refractivity contribution in [2.75, 3.05) is 17.3 Å². The number of aromatic nitrogens is 2. The van der Waals surface area contributed by atoms with Gasteiger partial charge in [-0.2, -0.15) is 0 Å². The second-order valence-corrected chi connectivity index (χ2v) is 6.06. The SMILES string of the molecule is CC(=O)N(C)c1ccc(Nc2ncc3cc(Br)ccc3n2)cc1. The van der Waals surface area contributed by atoms with Crippen molar-refractivity contribution in [3.05, 3.63) is 53.1 Å². The van der Waals surface area contributed by atoms with E-state index in [-0.39, 0.29) is 5.91 Å². The maximum Gasteiger partial charge on any atom is 0.227 e. The number of nitrogens with zero attached hydrogens (tertiary/aromatic N) is 3. The van der Waals surface area contributed by atoms with E-state index < -0.39 is 0 Å². The number of carbonyl (C=O) groups excluding carboxylic acids is 1. The fourth-order valence-corrected chi connectivity index (χ4v) is 2.52. The lowest BCUT2D eigenvalue weighted by molar-refractivity contribution is -0.116. The van der Waals surface area contributed by atoms with E-state index in [2.05, 4.69) is 31.2 Å². The van der Waals surface area contributed by atoms with Crippen molar-refractivity contribution >= 4 is 50.1 Å². The Morgan fingerprint density at radius 2 is 1.91 bits per heavy atom. The Hall–Kier alpha value is -2.47. The van der Waals surface area contributed by atoms with Crippen LogP contribution in [0.2, 0.25) is 0 Å². The predicted molar refractivity (Wildman–Crippen MR) is 96.0 cm³/mol. The summed E-state index contributed by atoms with van der Waals surface area (Å²) < 4.78 is 1.000. The molecule has 1 N–H and O–H groups in total. The summed E-state index contributed by atoms with van der Waals surface area (Å²) in [5.41, 5.74) is 2.58. The van der Waals surface area contributed by atoms with Crippen molar-refractivity contribution in [3.8, 4) is 0 Å². The van der Waals surface area contributed by atoms with Crippen LogP contribution in [0.1, 0.15) is 6.92 Å². The van der Waals surface area contributed by atoms with Gasteiger partial charge in [-0.25, -0.2) is 9.97 Å². The van der Waals surface area contributed by atoms with Crippen LogP contribution in [0, 0.1) is 0 Å². The highest BCUT2D eigenvalue weighted by Gasteiger charge is 2.06. The number of fused-ring (bicyclic) bond motifs is 1. The number of hydrogen-bond acceptors (Lipinski definition) is 4. The molecule has 1 amide bonds. The topological polar surface area (TPSA) is 58.1 Å². The minimum Gasteiger partial charge on any atom is -0.324 e. The van der Waals surface area contributed by atoms with Crippen molar-refractivity contribution in [2.24, 2.45) is 0 Å². The summed E-state index contributed by atoms with van der Waals surface area (Å²) in [6.07, 6.45) is 1.79. The Morgan fingerprint density at radius 1 is 1.17 bits per heavy atom. The molecule has 0 fully saturated rings. The number of rotatable bonds is 3. The van der Waals surface area contributed by atoms with Gasteiger partial charge in [-0.1, -0.05) is 15.9 Å². The molecule has 0 aliphatic heterocycles. The van der Waals surface area contributed by atoms with Crippen LogP contribution >= 0.6 is 15.9 Å². The molecule has 0 bridgehead atoms. The molecule has 0 unspecified atom stereocenters. The summed E-state index contributed by atoms with van der Waals surface area (Å²) >= 11 is 3.43. The first-order valence-corrected chi connectivity index (χ1v) is 7.86. The van der Waals surface area contributed by atoms with Crippen molar-refractivity contribution in [1.29, 1.82) is 0 Å². The predicted octanol–water partition coefficient (Wildman–Crippen LogP) is 4.12. The lowest BCUT2D eigenvalue weighted by atomic mass is 10.2. The maximum absolute atomic E-state index is 11.4. The molecule has 0 saturated heterocycles. The van der Waals surface area contributed by atoms with Gasteiger partial charge in [-0.15, -0.1) is 0 Å². The second-order valence-electron chi connectivity index (χ2n) is 5.15. The number of carbonyl (C=O) groups is 1. The largest absolute Gasteiger partial charge is 0.324 e. The molecular weight excluding hydrogens is 356 g/mol. The molecule has 1 heterocycles. The molecule has 2 aromatic carbocycles. The van der Waals surface area contributed by atoms with E-state index in [1.807, 2.05) is 42.5 Å². The molecular formula is C17H15BrN4O. The van der Waals surface area contributed by atoms with E-state index >= 15 is 0 Å². The van der Waals surface area contributed by atoms with Gasteiger partial charge in [0.1, 0.15) is 0 Å². The number of nitrogens with one attached hydrogen (secondary N) is 1. The van der Waals surface area contributed by atoms with Crippen LogP contribution in [0.3, 0.4) is 0 Å². The van der Waals surface area contributed by atoms with E-state index in [0.29, 0.717) is 5.95 Å². The lowest BCUT2D eigenvalue weighted by Gasteiger charge is -2.15. The number of benzene rings is 2. The highest BCUT2D eigenvalue weighted by atomic mass is 79.9. The van der Waals surface area contributed by atoms with Crippen LogP contribution in [-0.2, 0) is 4.79 Å². The molecule has 116 valence electrons. The average molecular weight is 371 g/mol. The first kappa shape index (κ1) is 15.4. The van der Waals surface area contributed by atoms with E-state index in [1.54, 1.807) is 18.1 Å². The van der Waals surface area contributed by atoms with Crippen molar-refractivity contribution in [1.82, 2.24) is 9.97 Å². The number of halogens is 1. The fourth-order valence-electron chi connectivity index (χ4n) is 2.14. The monoisotopic (exact) mass is 370 g/mol. The number of hydrogen-bond donors (Lipinski definition) is 1. The number of amides is 1. The van der Waals surface area contributed by atoms with Crippen LogP contribution in [0.25, 0.3) is 10.9 Å². The van der Waals surface area contributed by atoms with E-state index in [0.717, 1.165) is 26.8 Å².